The van der Waals surface area contributed by atoms with Gasteiger partial charge in [0.1, 0.15) is 11.4 Å². The lowest BCUT2D eigenvalue weighted by Crippen LogP contribution is -2.36. The fraction of sp³-hybridized carbons (Fsp3) is 0.333. The predicted octanol–water partition coefficient (Wildman–Crippen LogP) is 6.05. The molecule has 0 saturated heterocycles. The number of aromatic nitrogens is 2. The average molecular weight is 496 g/mol. The molecule has 1 amide bonds. The lowest BCUT2D eigenvalue weighted by molar-refractivity contribution is -0.173. The highest BCUT2D eigenvalue weighted by Gasteiger charge is 2.47. The molecule has 0 bridgehead atoms. The summed E-state index contributed by atoms with van der Waals surface area (Å²) in [6.45, 7) is 1.73. The predicted molar refractivity (Wildman–Crippen MR) is 117 cm³/mol. The van der Waals surface area contributed by atoms with Crippen molar-refractivity contribution in [2.45, 2.75) is 50.7 Å². The van der Waals surface area contributed by atoms with Crippen LogP contribution in [-0.4, -0.2) is 21.9 Å². The van der Waals surface area contributed by atoms with E-state index in [1.807, 2.05) is 19.1 Å². The molecule has 0 fully saturated rings. The number of halogens is 6. The van der Waals surface area contributed by atoms with Crippen LogP contribution in [0.2, 0.25) is 0 Å². The summed E-state index contributed by atoms with van der Waals surface area (Å²) >= 11 is 0. The smallest absolute Gasteiger partial charge is 0.363 e. The number of anilines is 1. The lowest BCUT2D eigenvalue weighted by Gasteiger charge is -2.34. The number of alkyl halides is 6. The van der Waals surface area contributed by atoms with E-state index in [0.717, 1.165) is 35.0 Å². The Morgan fingerprint density at radius 2 is 1.80 bits per heavy atom. The molecular weight excluding hydrogens is 474 g/mol. The van der Waals surface area contributed by atoms with Crippen molar-refractivity contribution in [1.82, 2.24) is 15.1 Å². The normalized spacial score (nSPS) is 18.0. The van der Waals surface area contributed by atoms with Crippen molar-refractivity contribution in [2.24, 2.45) is 0 Å². The van der Waals surface area contributed by atoms with Crippen molar-refractivity contribution < 1.29 is 31.1 Å². The Morgan fingerprint density at radius 1 is 1.09 bits per heavy atom. The van der Waals surface area contributed by atoms with Gasteiger partial charge in [-0.1, -0.05) is 43.3 Å². The van der Waals surface area contributed by atoms with Gasteiger partial charge < -0.3 is 10.6 Å². The van der Waals surface area contributed by atoms with E-state index in [4.69, 9.17) is 0 Å². The second kappa shape index (κ2) is 9.27. The average Bonchev–Trinajstić information content (AvgIpc) is 3.25. The van der Waals surface area contributed by atoms with Crippen molar-refractivity contribution in [1.29, 1.82) is 0 Å². The summed E-state index contributed by atoms with van der Waals surface area (Å²) in [5.41, 5.74) is 0.889. The maximum absolute atomic E-state index is 13.9. The molecule has 186 valence electrons. The Hall–Kier alpha value is -3.50. The third kappa shape index (κ3) is 5.28. The molecule has 0 aliphatic carbocycles. The fourth-order valence-electron chi connectivity index (χ4n) is 4.07. The lowest BCUT2D eigenvalue weighted by atomic mass is 9.95. The van der Waals surface area contributed by atoms with E-state index < -0.39 is 35.9 Å². The Kier molecular flexibility index (Phi) is 6.52. The molecule has 1 aliphatic heterocycles. The first-order valence-corrected chi connectivity index (χ1v) is 10.9. The largest absolute Gasteiger partial charge is 0.416 e. The number of amides is 1. The Morgan fingerprint density at radius 3 is 2.43 bits per heavy atom. The van der Waals surface area contributed by atoms with Gasteiger partial charge in [0.25, 0.3) is 5.91 Å². The number of nitrogens with zero attached hydrogens (tertiary/aromatic N) is 2. The van der Waals surface area contributed by atoms with Gasteiger partial charge in [-0.2, -0.15) is 31.4 Å². The van der Waals surface area contributed by atoms with E-state index >= 15 is 0 Å². The minimum absolute atomic E-state index is 0.0929. The third-order valence-electron chi connectivity index (χ3n) is 5.98. The second-order valence-corrected chi connectivity index (χ2v) is 8.32. The van der Waals surface area contributed by atoms with Crippen LogP contribution in [0, 0.1) is 0 Å². The standard InChI is InChI=1S/C24H22F6N4O/c1-2-14-6-8-16(9-7-14)19-11-20(24(28,29)30)34-21(33-19)18(13-32-34)22(35)31-12-15-4-3-5-17(10-15)23(25,26)27/h3-10,13,19-20,33H,2,11-12H2,1H3,(H,31,35)/t19-,20+/m0/s1. The van der Waals surface area contributed by atoms with Crippen LogP contribution in [0.4, 0.5) is 32.2 Å². The van der Waals surface area contributed by atoms with Gasteiger partial charge in [0.2, 0.25) is 0 Å². The fourth-order valence-corrected chi connectivity index (χ4v) is 4.07. The van der Waals surface area contributed by atoms with Crippen LogP contribution in [0.15, 0.2) is 54.7 Å². The zero-order valence-electron chi connectivity index (χ0n) is 18.5. The number of carbonyl (C=O) groups excluding carboxylic acids is 1. The molecule has 5 nitrogen and oxygen atoms in total. The molecule has 0 unspecified atom stereocenters. The first-order chi connectivity index (χ1) is 16.5. The Bertz CT molecular complexity index is 1200. The maximum Gasteiger partial charge on any atom is 0.416 e. The number of aryl methyl sites for hydroxylation is 1. The first-order valence-electron chi connectivity index (χ1n) is 10.9. The third-order valence-corrected chi connectivity index (χ3v) is 5.98. The zero-order chi connectivity index (χ0) is 25.4. The van der Waals surface area contributed by atoms with E-state index in [0.29, 0.717) is 5.56 Å². The minimum Gasteiger partial charge on any atom is -0.363 e. The molecule has 3 aromatic rings. The van der Waals surface area contributed by atoms with Gasteiger partial charge in [-0.25, -0.2) is 4.68 Å². The number of rotatable bonds is 5. The van der Waals surface area contributed by atoms with Gasteiger partial charge in [0, 0.05) is 13.0 Å². The van der Waals surface area contributed by atoms with Gasteiger partial charge >= 0.3 is 12.4 Å². The molecule has 0 saturated carbocycles. The molecule has 2 heterocycles. The summed E-state index contributed by atoms with van der Waals surface area (Å²) in [6, 6.07) is 8.98. The van der Waals surface area contributed by atoms with E-state index in [-0.39, 0.29) is 29.9 Å². The molecule has 1 aliphatic rings. The van der Waals surface area contributed by atoms with E-state index in [9.17, 15) is 31.1 Å². The van der Waals surface area contributed by atoms with Crippen LogP contribution >= 0.6 is 0 Å². The van der Waals surface area contributed by atoms with Gasteiger partial charge in [-0.05, 0) is 35.2 Å². The number of nitrogens with one attached hydrogen (secondary N) is 2. The molecule has 35 heavy (non-hydrogen) atoms. The molecule has 0 radical (unpaired) electrons. The molecular formula is C24H22F6N4O. The van der Waals surface area contributed by atoms with Gasteiger partial charge in [0.15, 0.2) is 6.04 Å². The number of fused-ring (bicyclic) bond motifs is 1. The van der Waals surface area contributed by atoms with Gasteiger partial charge in [-0.15, -0.1) is 0 Å². The quantitative estimate of drug-likeness (QED) is 0.423. The monoisotopic (exact) mass is 496 g/mol. The topological polar surface area (TPSA) is 59.0 Å². The first kappa shape index (κ1) is 24.6. The van der Waals surface area contributed by atoms with Crippen molar-refractivity contribution >= 4 is 11.7 Å². The summed E-state index contributed by atoms with van der Waals surface area (Å²) in [6.07, 6.45) is -7.63. The SMILES string of the molecule is CCc1ccc([C@@H]2C[C@H](C(F)(F)F)n3ncc(C(=O)NCc4cccc(C(F)(F)F)c4)c3N2)cc1. The number of carbonyl (C=O) groups is 1. The summed E-state index contributed by atoms with van der Waals surface area (Å²) in [7, 11) is 0. The minimum atomic E-state index is -4.60. The summed E-state index contributed by atoms with van der Waals surface area (Å²) in [5.74, 6) is -0.844. The molecule has 11 heteroatoms. The van der Waals surface area contributed by atoms with Crippen LogP contribution in [0.1, 0.15) is 58.0 Å². The van der Waals surface area contributed by atoms with Crippen LogP contribution in [-0.2, 0) is 19.1 Å². The Balaban J connectivity index is 1.58. The van der Waals surface area contributed by atoms with Crippen LogP contribution in [0.25, 0.3) is 0 Å². The molecule has 2 aromatic carbocycles. The van der Waals surface area contributed by atoms with Gasteiger partial charge in [0.05, 0.1) is 17.8 Å². The van der Waals surface area contributed by atoms with Gasteiger partial charge in [-0.3, -0.25) is 4.79 Å². The van der Waals surface area contributed by atoms with Crippen molar-refractivity contribution in [2.75, 3.05) is 5.32 Å². The van der Waals surface area contributed by atoms with E-state index in [1.165, 1.54) is 12.1 Å². The highest BCUT2D eigenvalue weighted by Crippen LogP contribution is 2.44. The molecule has 0 spiro atoms. The highest BCUT2D eigenvalue weighted by molar-refractivity contribution is 5.98. The van der Waals surface area contributed by atoms with Crippen molar-refractivity contribution in [3.63, 3.8) is 0 Å². The number of hydrogen-bond acceptors (Lipinski definition) is 3. The summed E-state index contributed by atoms with van der Waals surface area (Å²) in [5, 5.41) is 9.28. The van der Waals surface area contributed by atoms with Crippen molar-refractivity contribution in [3.8, 4) is 0 Å². The summed E-state index contributed by atoms with van der Waals surface area (Å²) in [4.78, 5) is 12.8. The Labute approximate surface area is 197 Å². The van der Waals surface area contributed by atoms with Crippen LogP contribution in [0.5, 0.6) is 0 Å². The van der Waals surface area contributed by atoms with Crippen LogP contribution < -0.4 is 10.6 Å². The molecule has 2 N–H and O–H groups in total. The number of hydrogen-bond donors (Lipinski definition) is 2. The van der Waals surface area contributed by atoms with E-state index in [1.54, 1.807) is 12.1 Å². The summed E-state index contributed by atoms with van der Waals surface area (Å²) < 4.78 is 81.1. The molecule has 2 atom stereocenters. The zero-order valence-corrected chi connectivity index (χ0v) is 18.5. The second-order valence-electron chi connectivity index (χ2n) is 8.32. The maximum atomic E-state index is 13.9. The molecule has 1 aromatic heterocycles. The van der Waals surface area contributed by atoms with Crippen LogP contribution in [0.3, 0.4) is 0 Å². The highest BCUT2D eigenvalue weighted by atomic mass is 19.4. The van der Waals surface area contributed by atoms with E-state index in [2.05, 4.69) is 15.7 Å². The molecule has 4 rings (SSSR count). The number of benzene rings is 2. The van der Waals surface area contributed by atoms with Crippen molar-refractivity contribution in [3.05, 3.63) is 82.5 Å².